The summed E-state index contributed by atoms with van der Waals surface area (Å²) in [6, 6.07) is 17.4. The molecule has 52 heavy (non-hydrogen) atoms. The molecular weight excluding hydrogens is 660 g/mol. The highest BCUT2D eigenvalue weighted by Crippen LogP contribution is 2.32. The lowest BCUT2D eigenvalue weighted by molar-refractivity contribution is -0.130. The summed E-state index contributed by atoms with van der Waals surface area (Å²) in [6.07, 6.45) is 5.79. The monoisotopic (exact) mass is 708 g/mol. The number of hydrogen-bond donors (Lipinski definition) is 5. The number of nitrogens with zero attached hydrogens (tertiary/aromatic N) is 3. The molecule has 4 atom stereocenters. The summed E-state index contributed by atoms with van der Waals surface area (Å²) in [5, 5.41) is 16.7. The lowest BCUT2D eigenvalue weighted by Crippen LogP contribution is -2.54. The van der Waals surface area contributed by atoms with Crippen molar-refractivity contribution in [3.05, 3.63) is 101 Å². The number of H-pyrrole nitrogens is 1. The lowest BCUT2D eigenvalue weighted by Gasteiger charge is -2.25. The van der Waals surface area contributed by atoms with Gasteiger partial charge < -0.3 is 31.0 Å². The topological polar surface area (TPSA) is 172 Å². The summed E-state index contributed by atoms with van der Waals surface area (Å²) in [7, 11) is 0. The number of aromatic amines is 1. The molecule has 13 nitrogen and oxygen atoms in total. The predicted molar refractivity (Wildman–Crippen MR) is 194 cm³/mol. The molecule has 274 valence electrons. The third-order valence-corrected chi connectivity index (χ3v) is 9.27. The zero-order valence-corrected chi connectivity index (χ0v) is 29.9. The largest absolute Gasteiger partial charge is 0.491 e. The van der Waals surface area contributed by atoms with E-state index in [0.717, 1.165) is 24.0 Å². The van der Waals surface area contributed by atoms with E-state index in [1.165, 1.54) is 0 Å². The van der Waals surface area contributed by atoms with Crippen LogP contribution in [0.25, 0.3) is 0 Å². The number of benzene rings is 2. The van der Waals surface area contributed by atoms with E-state index in [0.29, 0.717) is 54.2 Å². The Hall–Kier alpha value is -5.46. The molecule has 1 fully saturated rings. The number of amides is 4. The van der Waals surface area contributed by atoms with E-state index in [1.54, 1.807) is 42.1 Å². The van der Waals surface area contributed by atoms with E-state index < -0.39 is 35.8 Å². The van der Waals surface area contributed by atoms with Gasteiger partial charge >= 0.3 is 0 Å². The minimum atomic E-state index is -0.984. The number of carbonyl (C=O) groups excluding carboxylic acids is 4. The molecule has 2 aromatic heterocycles. The van der Waals surface area contributed by atoms with Gasteiger partial charge in [-0.05, 0) is 79.8 Å². The Morgan fingerprint density at radius 3 is 2.40 bits per heavy atom. The molecule has 5 N–H and O–H groups in total. The normalized spacial score (nSPS) is 21.7. The van der Waals surface area contributed by atoms with Gasteiger partial charge in [-0.3, -0.25) is 19.2 Å². The molecular formula is C39H48N8O5. The summed E-state index contributed by atoms with van der Waals surface area (Å²) >= 11 is 0. The number of rotatable bonds is 8. The second-order valence-electron chi connectivity index (χ2n) is 14.3. The Kier molecular flexibility index (Phi) is 11.7. The van der Waals surface area contributed by atoms with Gasteiger partial charge in [-0.1, -0.05) is 56.3 Å². The van der Waals surface area contributed by atoms with Gasteiger partial charge in [0.2, 0.25) is 17.7 Å². The fraction of sp³-hybridized carbons (Fsp3) is 0.436. The van der Waals surface area contributed by atoms with Crippen LogP contribution in [0.3, 0.4) is 0 Å². The second kappa shape index (κ2) is 16.7. The van der Waals surface area contributed by atoms with Crippen molar-refractivity contribution in [2.24, 2.45) is 11.8 Å². The summed E-state index contributed by atoms with van der Waals surface area (Å²) in [6.45, 7) is 5.95. The Morgan fingerprint density at radius 1 is 0.942 bits per heavy atom. The summed E-state index contributed by atoms with van der Waals surface area (Å²) in [5.74, 6) is 0.858. The van der Waals surface area contributed by atoms with Gasteiger partial charge in [0.05, 0.1) is 12.1 Å². The third kappa shape index (κ3) is 10.1. The van der Waals surface area contributed by atoms with Crippen molar-refractivity contribution in [1.82, 2.24) is 41.0 Å². The highest BCUT2D eigenvalue weighted by atomic mass is 16.5. The van der Waals surface area contributed by atoms with Gasteiger partial charge in [-0.15, -0.1) is 0 Å². The van der Waals surface area contributed by atoms with Crippen molar-refractivity contribution < 1.29 is 23.9 Å². The molecule has 2 bridgehead atoms. The van der Waals surface area contributed by atoms with Gasteiger partial charge in [0.1, 0.15) is 36.7 Å². The SMILES string of the molecule is CC(C)C[C@H]1COc2ccc(cc2)C[C@H](NC(=O)c2ccc[nH]2)C(=O)N[C@H](C)C(=O)N[C@H](Cc2ccccc2)c2nc(CC3CC3)nn2CC(=O)N1. The van der Waals surface area contributed by atoms with Gasteiger partial charge in [-0.2, -0.15) is 5.10 Å². The standard InChI is InChI=1S/C39H48N8O5/c1-24(2)18-29-23-52-30-15-13-27(14-16-30)20-33(44-38(50)31-10-7-17-40-31)39(51)41-25(3)37(49)43-32(19-26-8-5-4-6-9-26)36-45-34(21-28-11-12-28)46-47(36)22-35(48)42-29/h4-10,13-17,24-25,28-29,32-33,40H,11-12,18-23H2,1-3H3,(H,41,51)(H,42,48)(H,43,49)(H,44,50)/t25-,29+,32-,33+/m1/s1. The molecule has 2 aromatic carbocycles. The van der Waals surface area contributed by atoms with Crippen LogP contribution in [0.2, 0.25) is 0 Å². The fourth-order valence-electron chi connectivity index (χ4n) is 6.39. The zero-order valence-electron chi connectivity index (χ0n) is 29.9. The first-order valence-corrected chi connectivity index (χ1v) is 18.1. The van der Waals surface area contributed by atoms with Gasteiger partial charge in [0.15, 0.2) is 11.6 Å². The Balaban J connectivity index is 1.33. The lowest BCUT2D eigenvalue weighted by atomic mass is 10.0. The first-order chi connectivity index (χ1) is 25.1. The molecule has 1 saturated carbocycles. The second-order valence-corrected chi connectivity index (χ2v) is 14.3. The molecule has 13 heteroatoms. The first-order valence-electron chi connectivity index (χ1n) is 18.1. The molecule has 7 rings (SSSR count). The van der Waals surface area contributed by atoms with E-state index in [-0.39, 0.29) is 31.5 Å². The maximum atomic E-state index is 13.9. The number of fused-ring (bicyclic) bond motifs is 14. The molecule has 2 aliphatic heterocycles. The van der Waals surface area contributed by atoms with Crippen LogP contribution in [0.15, 0.2) is 72.9 Å². The minimum Gasteiger partial charge on any atom is -0.491 e. The number of nitrogens with one attached hydrogen (secondary N) is 5. The van der Waals surface area contributed by atoms with Crippen LogP contribution < -0.4 is 26.0 Å². The molecule has 4 aromatic rings. The van der Waals surface area contributed by atoms with Crippen molar-refractivity contribution in [3.63, 3.8) is 0 Å². The Bertz CT molecular complexity index is 1820. The molecule has 4 amide bonds. The molecule has 4 heterocycles. The fourth-order valence-corrected chi connectivity index (χ4v) is 6.39. The Labute approximate surface area is 303 Å². The number of carbonyl (C=O) groups is 4. The molecule has 0 unspecified atom stereocenters. The van der Waals surface area contributed by atoms with Crippen LogP contribution in [0, 0.1) is 11.8 Å². The van der Waals surface area contributed by atoms with Crippen molar-refractivity contribution in [1.29, 1.82) is 0 Å². The summed E-state index contributed by atoms with van der Waals surface area (Å²) < 4.78 is 7.75. The molecule has 3 aliphatic rings. The zero-order chi connectivity index (χ0) is 36.6. The van der Waals surface area contributed by atoms with Crippen LogP contribution in [-0.2, 0) is 40.2 Å². The number of aromatic nitrogens is 4. The summed E-state index contributed by atoms with van der Waals surface area (Å²) in [4.78, 5) is 62.2. The van der Waals surface area contributed by atoms with Crippen LogP contribution >= 0.6 is 0 Å². The minimum absolute atomic E-state index is 0.0913. The average molecular weight is 709 g/mol. The van der Waals surface area contributed by atoms with E-state index in [4.69, 9.17) is 14.8 Å². The predicted octanol–water partition coefficient (Wildman–Crippen LogP) is 3.43. The maximum absolute atomic E-state index is 13.9. The molecule has 0 saturated heterocycles. The van der Waals surface area contributed by atoms with Gasteiger partial charge in [-0.25, -0.2) is 9.67 Å². The van der Waals surface area contributed by atoms with Crippen LogP contribution in [0.4, 0.5) is 0 Å². The maximum Gasteiger partial charge on any atom is 0.268 e. The quantitative estimate of drug-likeness (QED) is 0.187. The van der Waals surface area contributed by atoms with E-state index >= 15 is 0 Å². The van der Waals surface area contributed by atoms with Crippen molar-refractivity contribution in [3.8, 4) is 5.75 Å². The molecule has 0 spiro atoms. The number of hydrogen-bond acceptors (Lipinski definition) is 7. The molecule has 1 aliphatic carbocycles. The third-order valence-electron chi connectivity index (χ3n) is 9.27. The average Bonchev–Trinajstić information content (AvgIpc) is 3.58. The highest BCUT2D eigenvalue weighted by molar-refractivity contribution is 5.97. The van der Waals surface area contributed by atoms with E-state index in [2.05, 4.69) is 40.1 Å². The van der Waals surface area contributed by atoms with Crippen LogP contribution in [0.1, 0.15) is 79.3 Å². The van der Waals surface area contributed by atoms with Crippen molar-refractivity contribution in [2.75, 3.05) is 6.61 Å². The van der Waals surface area contributed by atoms with Crippen molar-refractivity contribution in [2.45, 2.75) is 90.0 Å². The van der Waals surface area contributed by atoms with E-state index in [1.807, 2.05) is 42.5 Å². The van der Waals surface area contributed by atoms with Crippen LogP contribution in [0.5, 0.6) is 5.75 Å². The van der Waals surface area contributed by atoms with Crippen molar-refractivity contribution >= 4 is 23.6 Å². The molecule has 0 radical (unpaired) electrons. The summed E-state index contributed by atoms with van der Waals surface area (Å²) in [5.41, 5.74) is 2.04. The first kappa shape index (κ1) is 36.3. The number of ether oxygens (including phenoxy) is 1. The Morgan fingerprint density at radius 2 is 1.71 bits per heavy atom. The van der Waals surface area contributed by atoms with E-state index in [9.17, 15) is 19.2 Å². The smallest absolute Gasteiger partial charge is 0.268 e. The van der Waals surface area contributed by atoms with Gasteiger partial charge in [0.25, 0.3) is 5.91 Å². The van der Waals surface area contributed by atoms with Crippen LogP contribution in [-0.4, -0.2) is 68.1 Å². The highest BCUT2D eigenvalue weighted by Gasteiger charge is 2.31. The van der Waals surface area contributed by atoms with Gasteiger partial charge in [0, 0.05) is 19.0 Å².